The van der Waals surface area contributed by atoms with Crippen LogP contribution in [0.4, 0.5) is 17.1 Å². The number of nitrogens with one attached hydrogen (secondary N) is 1. The summed E-state index contributed by atoms with van der Waals surface area (Å²) >= 11 is 0. The zero-order valence-electron chi connectivity index (χ0n) is 14.6. The van der Waals surface area contributed by atoms with Gasteiger partial charge in [0.2, 0.25) is 11.8 Å². The predicted octanol–water partition coefficient (Wildman–Crippen LogP) is 3.61. The van der Waals surface area contributed by atoms with Crippen LogP contribution in [-0.2, 0) is 17.6 Å². The number of aryl methyl sites for hydroxylation is 2. The fraction of sp³-hybridized carbons (Fsp3) is 0.368. The quantitative estimate of drug-likeness (QED) is 0.933. The normalized spacial score (nSPS) is 12.9. The standard InChI is InChI=1S/C19H23N3O2/c1-5-14-10-17(12(2)20-19(14)24-4)21-16-7-6-15-8-9-22(13(3)23)18(15)11-16/h6-7,10-11,21H,5,8-9H2,1-4H3. The Balaban J connectivity index is 1.92. The van der Waals surface area contributed by atoms with Gasteiger partial charge in [-0.15, -0.1) is 0 Å². The molecule has 5 heteroatoms. The molecule has 126 valence electrons. The van der Waals surface area contributed by atoms with E-state index in [-0.39, 0.29) is 5.91 Å². The lowest BCUT2D eigenvalue weighted by Crippen LogP contribution is -2.25. The van der Waals surface area contributed by atoms with E-state index in [4.69, 9.17) is 4.74 Å². The molecule has 0 atom stereocenters. The van der Waals surface area contributed by atoms with Crippen molar-refractivity contribution in [1.82, 2.24) is 4.98 Å². The number of anilines is 3. The first-order valence-corrected chi connectivity index (χ1v) is 8.26. The number of hydrogen-bond acceptors (Lipinski definition) is 4. The second-order valence-corrected chi connectivity index (χ2v) is 6.03. The smallest absolute Gasteiger partial charge is 0.223 e. The van der Waals surface area contributed by atoms with Gasteiger partial charge in [0, 0.05) is 30.4 Å². The fourth-order valence-corrected chi connectivity index (χ4v) is 3.12. The number of fused-ring (bicyclic) bond motifs is 1. The van der Waals surface area contributed by atoms with Crippen LogP contribution in [0.5, 0.6) is 5.88 Å². The summed E-state index contributed by atoms with van der Waals surface area (Å²) in [4.78, 5) is 18.1. The van der Waals surface area contributed by atoms with Crippen molar-refractivity contribution < 1.29 is 9.53 Å². The Hall–Kier alpha value is -2.56. The minimum atomic E-state index is 0.0847. The largest absolute Gasteiger partial charge is 0.481 e. The van der Waals surface area contributed by atoms with E-state index in [0.29, 0.717) is 5.88 Å². The minimum Gasteiger partial charge on any atom is -0.481 e. The van der Waals surface area contributed by atoms with E-state index >= 15 is 0 Å². The lowest BCUT2D eigenvalue weighted by Gasteiger charge is -2.17. The van der Waals surface area contributed by atoms with E-state index in [1.807, 2.05) is 17.9 Å². The summed E-state index contributed by atoms with van der Waals surface area (Å²) in [6, 6.07) is 8.27. The Labute approximate surface area is 142 Å². The topological polar surface area (TPSA) is 54.5 Å². The monoisotopic (exact) mass is 325 g/mol. The highest BCUT2D eigenvalue weighted by atomic mass is 16.5. The Kier molecular flexibility index (Phi) is 4.42. The van der Waals surface area contributed by atoms with Gasteiger partial charge in [0.15, 0.2) is 0 Å². The molecular formula is C19H23N3O2. The van der Waals surface area contributed by atoms with Crippen molar-refractivity contribution in [3.05, 3.63) is 41.1 Å². The number of hydrogen-bond donors (Lipinski definition) is 1. The van der Waals surface area contributed by atoms with Crippen LogP contribution < -0.4 is 15.0 Å². The predicted molar refractivity (Wildman–Crippen MR) is 96.4 cm³/mol. The Morgan fingerprint density at radius 3 is 2.83 bits per heavy atom. The summed E-state index contributed by atoms with van der Waals surface area (Å²) < 4.78 is 5.34. The first kappa shape index (κ1) is 16.3. The van der Waals surface area contributed by atoms with Crippen LogP contribution >= 0.6 is 0 Å². The molecule has 1 aliphatic rings. The molecule has 0 radical (unpaired) electrons. The number of carbonyl (C=O) groups excluding carboxylic acids is 1. The number of methoxy groups -OCH3 is 1. The maximum absolute atomic E-state index is 11.8. The second-order valence-electron chi connectivity index (χ2n) is 6.03. The van der Waals surface area contributed by atoms with Crippen LogP contribution in [0.1, 0.15) is 30.7 Å². The first-order valence-electron chi connectivity index (χ1n) is 8.26. The van der Waals surface area contributed by atoms with Gasteiger partial charge in [-0.1, -0.05) is 13.0 Å². The summed E-state index contributed by atoms with van der Waals surface area (Å²) in [6.07, 6.45) is 1.77. The number of benzene rings is 1. The molecule has 0 fully saturated rings. The molecule has 2 heterocycles. The summed E-state index contributed by atoms with van der Waals surface area (Å²) in [5.74, 6) is 0.763. The molecule has 0 bridgehead atoms. The van der Waals surface area contributed by atoms with Crippen molar-refractivity contribution >= 4 is 23.0 Å². The number of carbonyl (C=O) groups is 1. The van der Waals surface area contributed by atoms with Crippen LogP contribution in [0, 0.1) is 6.92 Å². The Morgan fingerprint density at radius 2 is 2.17 bits per heavy atom. The van der Waals surface area contributed by atoms with Gasteiger partial charge in [0.05, 0.1) is 18.5 Å². The molecule has 0 saturated heterocycles. The van der Waals surface area contributed by atoms with E-state index in [0.717, 1.165) is 47.7 Å². The molecule has 24 heavy (non-hydrogen) atoms. The highest BCUT2D eigenvalue weighted by Gasteiger charge is 2.22. The average Bonchev–Trinajstić information content (AvgIpc) is 2.99. The summed E-state index contributed by atoms with van der Waals surface area (Å²) in [5.41, 5.74) is 6.08. The molecule has 0 unspecified atom stereocenters. The minimum absolute atomic E-state index is 0.0847. The maximum Gasteiger partial charge on any atom is 0.223 e. The summed E-state index contributed by atoms with van der Waals surface area (Å²) in [6.45, 7) is 6.41. The maximum atomic E-state index is 11.8. The third kappa shape index (κ3) is 2.94. The van der Waals surface area contributed by atoms with Gasteiger partial charge in [-0.05, 0) is 43.5 Å². The van der Waals surface area contributed by atoms with Gasteiger partial charge in [-0.3, -0.25) is 4.79 Å². The molecule has 0 aliphatic carbocycles. The van der Waals surface area contributed by atoms with E-state index in [9.17, 15) is 4.79 Å². The van der Waals surface area contributed by atoms with Crippen molar-refractivity contribution in [2.75, 3.05) is 23.9 Å². The summed E-state index contributed by atoms with van der Waals surface area (Å²) in [7, 11) is 1.64. The molecule has 0 spiro atoms. The van der Waals surface area contributed by atoms with Crippen molar-refractivity contribution in [2.45, 2.75) is 33.6 Å². The highest BCUT2D eigenvalue weighted by Crippen LogP contribution is 2.33. The summed E-state index contributed by atoms with van der Waals surface area (Å²) in [5, 5.41) is 3.43. The van der Waals surface area contributed by atoms with E-state index in [2.05, 4.69) is 35.4 Å². The highest BCUT2D eigenvalue weighted by molar-refractivity contribution is 5.94. The van der Waals surface area contributed by atoms with Gasteiger partial charge in [-0.2, -0.15) is 0 Å². The van der Waals surface area contributed by atoms with Gasteiger partial charge < -0.3 is 15.0 Å². The molecule has 1 aliphatic heterocycles. The number of pyridine rings is 1. The average molecular weight is 325 g/mol. The SMILES string of the molecule is CCc1cc(Nc2ccc3c(c2)N(C(C)=O)CC3)c(C)nc1OC. The third-order valence-electron chi connectivity index (χ3n) is 4.47. The Morgan fingerprint density at radius 1 is 1.38 bits per heavy atom. The van der Waals surface area contributed by atoms with Crippen LogP contribution in [0.3, 0.4) is 0 Å². The van der Waals surface area contributed by atoms with E-state index in [1.165, 1.54) is 5.56 Å². The molecule has 1 amide bonds. The van der Waals surface area contributed by atoms with Gasteiger partial charge in [-0.25, -0.2) is 4.98 Å². The molecule has 2 aromatic rings. The Bertz CT molecular complexity index is 786. The van der Waals surface area contributed by atoms with Crippen molar-refractivity contribution in [3.8, 4) is 5.88 Å². The van der Waals surface area contributed by atoms with Gasteiger partial charge >= 0.3 is 0 Å². The zero-order valence-corrected chi connectivity index (χ0v) is 14.6. The fourth-order valence-electron chi connectivity index (χ4n) is 3.12. The van der Waals surface area contributed by atoms with Crippen LogP contribution in [0.2, 0.25) is 0 Å². The van der Waals surface area contributed by atoms with Crippen molar-refractivity contribution in [3.63, 3.8) is 0 Å². The number of nitrogens with zero attached hydrogens (tertiary/aromatic N) is 2. The van der Waals surface area contributed by atoms with Crippen LogP contribution in [0.25, 0.3) is 0 Å². The number of aromatic nitrogens is 1. The van der Waals surface area contributed by atoms with Gasteiger partial charge in [0.1, 0.15) is 0 Å². The van der Waals surface area contributed by atoms with Crippen LogP contribution in [-0.4, -0.2) is 24.5 Å². The molecule has 0 saturated carbocycles. The lowest BCUT2D eigenvalue weighted by molar-refractivity contribution is -0.116. The molecule has 5 nitrogen and oxygen atoms in total. The van der Waals surface area contributed by atoms with Crippen molar-refractivity contribution in [2.24, 2.45) is 0 Å². The van der Waals surface area contributed by atoms with Crippen LogP contribution in [0.15, 0.2) is 24.3 Å². The number of rotatable bonds is 4. The molecule has 1 aromatic carbocycles. The van der Waals surface area contributed by atoms with E-state index < -0.39 is 0 Å². The number of ether oxygens (including phenoxy) is 1. The first-order chi connectivity index (χ1) is 11.5. The van der Waals surface area contributed by atoms with Gasteiger partial charge in [0.25, 0.3) is 0 Å². The third-order valence-corrected chi connectivity index (χ3v) is 4.47. The lowest BCUT2D eigenvalue weighted by atomic mass is 10.1. The molecule has 3 rings (SSSR count). The number of amides is 1. The zero-order chi connectivity index (χ0) is 17.3. The van der Waals surface area contributed by atoms with E-state index in [1.54, 1.807) is 14.0 Å². The van der Waals surface area contributed by atoms with Crippen molar-refractivity contribution in [1.29, 1.82) is 0 Å². The molecule has 1 aromatic heterocycles. The molecule has 1 N–H and O–H groups in total. The molecular weight excluding hydrogens is 302 g/mol. The second kappa shape index (κ2) is 6.51.